The van der Waals surface area contributed by atoms with Crippen LogP contribution in [0.5, 0.6) is 0 Å². The van der Waals surface area contributed by atoms with Gasteiger partial charge < -0.3 is 10.6 Å². The molecule has 0 radical (unpaired) electrons. The van der Waals surface area contributed by atoms with Gasteiger partial charge in [-0.25, -0.2) is 4.39 Å². The molecule has 3 rings (SSSR count). The van der Waals surface area contributed by atoms with Gasteiger partial charge in [0.1, 0.15) is 5.82 Å². The van der Waals surface area contributed by atoms with E-state index in [4.69, 9.17) is 0 Å². The van der Waals surface area contributed by atoms with Crippen molar-refractivity contribution in [1.29, 1.82) is 0 Å². The molecule has 1 fully saturated rings. The Morgan fingerprint density at radius 1 is 1.30 bits per heavy atom. The Labute approximate surface area is 137 Å². The topological polar surface area (TPSA) is 58.2 Å². The Kier molecular flexibility index (Phi) is 4.43. The number of halogens is 1. The van der Waals surface area contributed by atoms with Gasteiger partial charge in [-0.3, -0.25) is 9.59 Å². The van der Waals surface area contributed by atoms with Gasteiger partial charge in [0.25, 0.3) is 5.91 Å². The largest absolute Gasteiger partial charge is 0.347 e. The molecule has 0 bridgehead atoms. The molecule has 0 aliphatic heterocycles. The van der Waals surface area contributed by atoms with Crippen molar-refractivity contribution in [2.24, 2.45) is 5.92 Å². The number of carbonyl (C=O) groups is 2. The Morgan fingerprint density at radius 2 is 2.09 bits per heavy atom. The third kappa shape index (κ3) is 3.96. The first-order valence-electron chi connectivity index (χ1n) is 7.47. The SMILES string of the molecule is Cc1cc(NC(=O)C2CC2)sc1C(=O)NCc1cccc(F)c1. The number of rotatable bonds is 5. The first-order valence-corrected chi connectivity index (χ1v) is 8.28. The van der Waals surface area contributed by atoms with E-state index >= 15 is 0 Å². The highest BCUT2D eigenvalue weighted by Gasteiger charge is 2.30. The van der Waals surface area contributed by atoms with E-state index in [1.165, 1.54) is 23.5 Å². The van der Waals surface area contributed by atoms with Gasteiger partial charge in [-0.05, 0) is 49.1 Å². The molecule has 0 spiro atoms. The Hall–Kier alpha value is -2.21. The van der Waals surface area contributed by atoms with Crippen LogP contribution in [0, 0.1) is 18.7 Å². The van der Waals surface area contributed by atoms with Crippen molar-refractivity contribution in [3.63, 3.8) is 0 Å². The lowest BCUT2D eigenvalue weighted by Gasteiger charge is -2.05. The number of nitrogens with one attached hydrogen (secondary N) is 2. The molecule has 6 heteroatoms. The van der Waals surface area contributed by atoms with Gasteiger partial charge in [-0.15, -0.1) is 11.3 Å². The van der Waals surface area contributed by atoms with E-state index in [0.29, 0.717) is 15.4 Å². The maximum absolute atomic E-state index is 13.1. The van der Waals surface area contributed by atoms with Crippen molar-refractivity contribution in [3.05, 3.63) is 52.2 Å². The fourth-order valence-electron chi connectivity index (χ4n) is 2.25. The predicted octanol–water partition coefficient (Wildman–Crippen LogP) is 3.47. The van der Waals surface area contributed by atoms with E-state index in [1.54, 1.807) is 12.1 Å². The fraction of sp³-hybridized carbons (Fsp3) is 0.294. The minimum atomic E-state index is -0.325. The highest BCUT2D eigenvalue weighted by atomic mass is 32.1. The van der Waals surface area contributed by atoms with Crippen molar-refractivity contribution >= 4 is 28.2 Å². The van der Waals surface area contributed by atoms with Gasteiger partial charge in [-0.1, -0.05) is 12.1 Å². The Bertz CT molecular complexity index is 753. The van der Waals surface area contributed by atoms with Crippen LogP contribution in [0.1, 0.15) is 33.6 Å². The molecule has 23 heavy (non-hydrogen) atoms. The molecule has 1 aliphatic rings. The molecule has 0 unspecified atom stereocenters. The maximum Gasteiger partial charge on any atom is 0.261 e. The molecule has 1 heterocycles. The van der Waals surface area contributed by atoms with Crippen LogP contribution in [0.15, 0.2) is 30.3 Å². The first kappa shape index (κ1) is 15.7. The van der Waals surface area contributed by atoms with Crippen molar-refractivity contribution in [1.82, 2.24) is 5.32 Å². The second-order valence-electron chi connectivity index (χ2n) is 5.70. The van der Waals surface area contributed by atoms with Crippen LogP contribution in [0.3, 0.4) is 0 Å². The third-order valence-electron chi connectivity index (χ3n) is 3.66. The van der Waals surface area contributed by atoms with E-state index in [2.05, 4.69) is 10.6 Å². The van der Waals surface area contributed by atoms with Crippen molar-refractivity contribution in [2.75, 3.05) is 5.32 Å². The van der Waals surface area contributed by atoms with Crippen LogP contribution >= 0.6 is 11.3 Å². The van der Waals surface area contributed by atoms with Crippen LogP contribution in [-0.2, 0) is 11.3 Å². The molecule has 1 saturated carbocycles. The van der Waals surface area contributed by atoms with Crippen LogP contribution < -0.4 is 10.6 Å². The monoisotopic (exact) mass is 332 g/mol. The zero-order valence-corrected chi connectivity index (χ0v) is 13.5. The minimum Gasteiger partial charge on any atom is -0.347 e. The van der Waals surface area contributed by atoms with E-state index in [1.807, 2.05) is 13.0 Å². The second-order valence-corrected chi connectivity index (χ2v) is 6.75. The average Bonchev–Trinajstić information content (AvgIpc) is 3.29. The zero-order valence-electron chi connectivity index (χ0n) is 12.7. The summed E-state index contributed by atoms with van der Waals surface area (Å²) in [6, 6.07) is 7.93. The Morgan fingerprint density at radius 3 is 2.78 bits per heavy atom. The molecule has 0 atom stereocenters. The fourth-order valence-corrected chi connectivity index (χ4v) is 3.24. The third-order valence-corrected chi connectivity index (χ3v) is 4.81. The number of thiophene rings is 1. The molecule has 2 amide bonds. The molecule has 2 aromatic rings. The van der Waals surface area contributed by atoms with Crippen molar-refractivity contribution in [3.8, 4) is 0 Å². The van der Waals surface area contributed by atoms with Gasteiger partial charge in [0.05, 0.1) is 9.88 Å². The van der Waals surface area contributed by atoms with Crippen LogP contribution in [0.25, 0.3) is 0 Å². The summed E-state index contributed by atoms with van der Waals surface area (Å²) in [7, 11) is 0. The minimum absolute atomic E-state index is 0.0259. The van der Waals surface area contributed by atoms with Gasteiger partial charge in [0.2, 0.25) is 5.91 Å². The van der Waals surface area contributed by atoms with Crippen molar-refractivity contribution in [2.45, 2.75) is 26.3 Å². The van der Waals surface area contributed by atoms with Crippen LogP contribution in [0.2, 0.25) is 0 Å². The molecule has 1 aromatic heterocycles. The second kappa shape index (κ2) is 6.50. The number of hydrogen-bond donors (Lipinski definition) is 2. The first-order chi connectivity index (χ1) is 11.0. The molecule has 1 aromatic carbocycles. The summed E-state index contributed by atoms with van der Waals surface area (Å²) in [5.74, 6) is -0.390. The number of anilines is 1. The smallest absolute Gasteiger partial charge is 0.261 e. The molecular formula is C17H17FN2O2S. The standard InChI is InChI=1S/C17H17FN2O2S/c1-10-7-14(20-16(21)12-5-6-12)23-15(10)17(22)19-9-11-3-2-4-13(18)8-11/h2-4,7-8,12H,5-6,9H2,1H3,(H,19,22)(H,20,21). The highest BCUT2D eigenvalue weighted by Crippen LogP contribution is 2.32. The molecule has 0 saturated heterocycles. The number of benzene rings is 1. The number of aryl methyl sites for hydroxylation is 1. The van der Waals surface area contributed by atoms with E-state index in [-0.39, 0.29) is 30.1 Å². The summed E-state index contributed by atoms with van der Waals surface area (Å²) in [5, 5.41) is 6.32. The lowest BCUT2D eigenvalue weighted by Crippen LogP contribution is -2.22. The van der Waals surface area contributed by atoms with Crippen molar-refractivity contribution < 1.29 is 14.0 Å². The summed E-state index contributed by atoms with van der Waals surface area (Å²) in [5.41, 5.74) is 1.52. The number of hydrogen-bond acceptors (Lipinski definition) is 3. The predicted molar refractivity (Wildman–Crippen MR) is 88.0 cm³/mol. The van der Waals surface area contributed by atoms with Gasteiger partial charge in [0, 0.05) is 12.5 Å². The average molecular weight is 332 g/mol. The quantitative estimate of drug-likeness (QED) is 0.881. The molecule has 2 N–H and O–H groups in total. The number of carbonyl (C=O) groups excluding carboxylic acids is 2. The van der Waals surface area contributed by atoms with E-state index in [9.17, 15) is 14.0 Å². The molecular weight excluding hydrogens is 315 g/mol. The van der Waals surface area contributed by atoms with E-state index < -0.39 is 0 Å². The molecule has 120 valence electrons. The number of amides is 2. The normalized spacial score (nSPS) is 13.7. The molecule has 1 aliphatic carbocycles. The maximum atomic E-state index is 13.1. The van der Waals surface area contributed by atoms with Gasteiger partial charge >= 0.3 is 0 Å². The molecule has 4 nitrogen and oxygen atoms in total. The summed E-state index contributed by atoms with van der Waals surface area (Å²) in [4.78, 5) is 24.6. The Balaban J connectivity index is 1.62. The van der Waals surface area contributed by atoms with Crippen LogP contribution in [0.4, 0.5) is 9.39 Å². The zero-order chi connectivity index (χ0) is 16.4. The lowest BCUT2D eigenvalue weighted by atomic mass is 10.2. The lowest BCUT2D eigenvalue weighted by molar-refractivity contribution is -0.117. The summed E-state index contributed by atoms with van der Waals surface area (Å²) < 4.78 is 13.1. The highest BCUT2D eigenvalue weighted by molar-refractivity contribution is 7.18. The summed E-state index contributed by atoms with van der Waals surface area (Å²) >= 11 is 1.26. The van der Waals surface area contributed by atoms with Crippen LogP contribution in [-0.4, -0.2) is 11.8 Å². The van der Waals surface area contributed by atoms with Gasteiger partial charge in [-0.2, -0.15) is 0 Å². The summed E-state index contributed by atoms with van der Waals surface area (Å²) in [6.45, 7) is 2.10. The summed E-state index contributed by atoms with van der Waals surface area (Å²) in [6.07, 6.45) is 1.88. The van der Waals surface area contributed by atoms with E-state index in [0.717, 1.165) is 18.4 Å². The van der Waals surface area contributed by atoms with Gasteiger partial charge in [0.15, 0.2) is 0 Å².